The lowest BCUT2D eigenvalue weighted by Gasteiger charge is -2.07. The van der Waals surface area contributed by atoms with Gasteiger partial charge in [0.2, 0.25) is 0 Å². The predicted octanol–water partition coefficient (Wildman–Crippen LogP) is 3.30. The van der Waals surface area contributed by atoms with Crippen LogP contribution in [0, 0.1) is 6.92 Å². The molecule has 1 N–H and O–H groups in total. The second kappa shape index (κ2) is 4.97. The van der Waals surface area contributed by atoms with Crippen molar-refractivity contribution in [3.8, 4) is 0 Å². The number of pyridine rings is 1. The third-order valence-electron chi connectivity index (χ3n) is 2.38. The fourth-order valence-electron chi connectivity index (χ4n) is 1.45. The lowest BCUT2D eigenvalue weighted by atomic mass is 10.2. The Kier molecular flexibility index (Phi) is 3.40. The maximum absolute atomic E-state index is 11.9. The van der Waals surface area contributed by atoms with E-state index in [1.807, 2.05) is 31.2 Å². The molecule has 0 fully saturated rings. The minimum atomic E-state index is -0.191. The fraction of sp³-hybridized carbons (Fsp3) is 0.0769. The number of aromatic nitrogens is 1. The van der Waals surface area contributed by atoms with Crippen LogP contribution in [-0.4, -0.2) is 10.9 Å². The average molecular weight is 247 g/mol. The van der Waals surface area contributed by atoms with Crippen molar-refractivity contribution >= 4 is 23.2 Å². The van der Waals surface area contributed by atoms with Crippen molar-refractivity contribution in [2.75, 3.05) is 5.32 Å². The highest BCUT2D eigenvalue weighted by molar-refractivity contribution is 6.29. The topological polar surface area (TPSA) is 42.0 Å². The maximum atomic E-state index is 11.9. The summed E-state index contributed by atoms with van der Waals surface area (Å²) in [6.07, 6.45) is 1.51. The van der Waals surface area contributed by atoms with Gasteiger partial charge in [-0.3, -0.25) is 4.79 Å². The second-order valence-electron chi connectivity index (χ2n) is 3.64. The van der Waals surface area contributed by atoms with Gasteiger partial charge >= 0.3 is 0 Å². The van der Waals surface area contributed by atoms with Crippen molar-refractivity contribution in [3.63, 3.8) is 0 Å². The third-order valence-corrected chi connectivity index (χ3v) is 2.59. The van der Waals surface area contributed by atoms with Gasteiger partial charge in [-0.1, -0.05) is 29.8 Å². The molecule has 0 aliphatic rings. The van der Waals surface area contributed by atoms with Gasteiger partial charge in [0.1, 0.15) is 5.15 Å². The smallest absolute Gasteiger partial charge is 0.255 e. The van der Waals surface area contributed by atoms with Gasteiger partial charge in [0, 0.05) is 17.4 Å². The van der Waals surface area contributed by atoms with E-state index in [1.54, 1.807) is 6.07 Å². The van der Waals surface area contributed by atoms with Gasteiger partial charge in [-0.05, 0) is 30.7 Å². The van der Waals surface area contributed by atoms with E-state index >= 15 is 0 Å². The number of benzene rings is 1. The first kappa shape index (κ1) is 11.6. The van der Waals surface area contributed by atoms with Crippen molar-refractivity contribution in [2.24, 2.45) is 0 Å². The van der Waals surface area contributed by atoms with Gasteiger partial charge in [0.15, 0.2) is 0 Å². The molecule has 0 unspecified atom stereocenters. The van der Waals surface area contributed by atoms with Gasteiger partial charge in [-0.25, -0.2) is 4.98 Å². The number of nitrogens with one attached hydrogen (secondary N) is 1. The van der Waals surface area contributed by atoms with Crippen molar-refractivity contribution in [1.29, 1.82) is 0 Å². The molecule has 2 aromatic rings. The van der Waals surface area contributed by atoms with E-state index in [2.05, 4.69) is 10.3 Å². The van der Waals surface area contributed by atoms with Crippen molar-refractivity contribution in [3.05, 3.63) is 58.9 Å². The number of nitrogens with zero attached hydrogens (tertiary/aromatic N) is 1. The SMILES string of the molecule is Cc1ccccc1NC(=O)c1ccnc(Cl)c1. The maximum Gasteiger partial charge on any atom is 0.255 e. The molecule has 17 heavy (non-hydrogen) atoms. The summed E-state index contributed by atoms with van der Waals surface area (Å²) in [6.45, 7) is 1.94. The fourth-order valence-corrected chi connectivity index (χ4v) is 1.63. The summed E-state index contributed by atoms with van der Waals surface area (Å²) in [6, 6.07) is 10.8. The van der Waals surface area contributed by atoms with Crippen molar-refractivity contribution in [1.82, 2.24) is 4.98 Å². The number of rotatable bonds is 2. The number of anilines is 1. The number of para-hydroxylation sites is 1. The number of hydrogen-bond donors (Lipinski definition) is 1. The summed E-state index contributed by atoms with van der Waals surface area (Å²) in [5.41, 5.74) is 2.31. The Morgan fingerprint density at radius 1 is 1.29 bits per heavy atom. The first-order valence-electron chi connectivity index (χ1n) is 5.15. The largest absolute Gasteiger partial charge is 0.322 e. The third kappa shape index (κ3) is 2.82. The molecule has 0 atom stereocenters. The first-order chi connectivity index (χ1) is 8.16. The zero-order chi connectivity index (χ0) is 12.3. The number of aryl methyl sites for hydroxylation is 1. The normalized spacial score (nSPS) is 10.0. The molecule has 2 rings (SSSR count). The molecule has 0 saturated heterocycles. The molecule has 0 aliphatic carbocycles. The highest BCUT2D eigenvalue weighted by Crippen LogP contribution is 2.15. The lowest BCUT2D eigenvalue weighted by molar-refractivity contribution is 0.102. The van der Waals surface area contributed by atoms with E-state index in [9.17, 15) is 4.79 Å². The number of amides is 1. The summed E-state index contributed by atoms with van der Waals surface area (Å²) < 4.78 is 0. The predicted molar refractivity (Wildman–Crippen MR) is 68.4 cm³/mol. The number of carbonyl (C=O) groups excluding carboxylic acids is 1. The summed E-state index contributed by atoms with van der Waals surface area (Å²) in [5, 5.41) is 3.14. The quantitative estimate of drug-likeness (QED) is 0.826. The van der Waals surface area contributed by atoms with Crippen LogP contribution < -0.4 is 5.32 Å². The van der Waals surface area contributed by atoms with Crippen LogP contribution in [-0.2, 0) is 0 Å². The summed E-state index contributed by atoms with van der Waals surface area (Å²) in [7, 11) is 0. The second-order valence-corrected chi connectivity index (χ2v) is 4.02. The number of hydrogen-bond acceptors (Lipinski definition) is 2. The van der Waals surface area contributed by atoms with Gasteiger partial charge in [-0.2, -0.15) is 0 Å². The summed E-state index contributed by atoms with van der Waals surface area (Å²) in [5.74, 6) is -0.191. The van der Waals surface area contributed by atoms with E-state index in [0.717, 1.165) is 11.3 Å². The van der Waals surface area contributed by atoms with Crippen LogP contribution in [0.5, 0.6) is 0 Å². The van der Waals surface area contributed by atoms with E-state index in [1.165, 1.54) is 12.3 Å². The van der Waals surface area contributed by atoms with Gasteiger partial charge in [0.25, 0.3) is 5.91 Å². The molecule has 1 amide bonds. The summed E-state index contributed by atoms with van der Waals surface area (Å²) in [4.78, 5) is 15.8. The molecular formula is C13H11ClN2O. The molecule has 1 heterocycles. The van der Waals surface area contributed by atoms with E-state index in [0.29, 0.717) is 10.7 Å². The standard InChI is InChI=1S/C13H11ClN2O/c1-9-4-2-3-5-11(9)16-13(17)10-6-7-15-12(14)8-10/h2-8H,1H3,(H,16,17). The van der Waals surface area contributed by atoms with Crippen LogP contribution in [0.4, 0.5) is 5.69 Å². The Bertz CT molecular complexity index is 555. The first-order valence-corrected chi connectivity index (χ1v) is 5.53. The lowest BCUT2D eigenvalue weighted by Crippen LogP contribution is -2.12. The molecule has 0 aliphatic heterocycles. The van der Waals surface area contributed by atoms with E-state index < -0.39 is 0 Å². The summed E-state index contributed by atoms with van der Waals surface area (Å²) >= 11 is 5.73. The molecular weight excluding hydrogens is 236 g/mol. The van der Waals surface area contributed by atoms with Crippen LogP contribution in [0.25, 0.3) is 0 Å². The van der Waals surface area contributed by atoms with E-state index in [-0.39, 0.29) is 5.91 Å². The minimum Gasteiger partial charge on any atom is -0.322 e. The Hall–Kier alpha value is -1.87. The van der Waals surface area contributed by atoms with Gasteiger partial charge < -0.3 is 5.32 Å². The van der Waals surface area contributed by atoms with Crippen LogP contribution in [0.1, 0.15) is 15.9 Å². The Morgan fingerprint density at radius 3 is 2.76 bits per heavy atom. The van der Waals surface area contributed by atoms with Crippen LogP contribution in [0.15, 0.2) is 42.6 Å². The van der Waals surface area contributed by atoms with E-state index in [4.69, 9.17) is 11.6 Å². The van der Waals surface area contributed by atoms with Gasteiger partial charge in [-0.15, -0.1) is 0 Å². The monoisotopic (exact) mass is 246 g/mol. The van der Waals surface area contributed by atoms with Crippen LogP contribution >= 0.6 is 11.6 Å². The molecule has 1 aromatic heterocycles. The van der Waals surface area contributed by atoms with Crippen LogP contribution in [0.3, 0.4) is 0 Å². The van der Waals surface area contributed by atoms with Crippen LogP contribution in [0.2, 0.25) is 5.15 Å². The molecule has 0 spiro atoms. The van der Waals surface area contributed by atoms with Gasteiger partial charge in [0.05, 0.1) is 0 Å². The highest BCUT2D eigenvalue weighted by Gasteiger charge is 2.07. The average Bonchev–Trinajstić information content (AvgIpc) is 2.32. The Labute approximate surface area is 104 Å². The zero-order valence-electron chi connectivity index (χ0n) is 9.27. The number of carbonyl (C=O) groups is 1. The molecule has 86 valence electrons. The Balaban J connectivity index is 2.20. The zero-order valence-corrected chi connectivity index (χ0v) is 10.0. The van der Waals surface area contributed by atoms with Crippen molar-refractivity contribution < 1.29 is 4.79 Å². The molecule has 3 nitrogen and oxygen atoms in total. The molecule has 1 aromatic carbocycles. The molecule has 0 saturated carbocycles. The minimum absolute atomic E-state index is 0.191. The van der Waals surface area contributed by atoms with Crippen molar-refractivity contribution in [2.45, 2.75) is 6.92 Å². The molecule has 0 bridgehead atoms. The number of halogens is 1. The Morgan fingerprint density at radius 2 is 2.06 bits per heavy atom. The molecule has 0 radical (unpaired) electrons. The molecule has 4 heteroatoms. The highest BCUT2D eigenvalue weighted by atomic mass is 35.5.